The molecule has 5 heteroatoms. The van der Waals surface area contributed by atoms with Gasteiger partial charge in [-0.2, -0.15) is 0 Å². The van der Waals surface area contributed by atoms with Crippen LogP contribution in [0.15, 0.2) is 180 Å². The van der Waals surface area contributed by atoms with Gasteiger partial charge in [-0.05, 0) is 51.2 Å². The molecule has 0 saturated heterocycles. The molecule has 2 atom stereocenters. The summed E-state index contributed by atoms with van der Waals surface area (Å²) in [6.45, 7) is 0. The molecule has 0 radical (unpaired) electrons. The zero-order valence-electron chi connectivity index (χ0n) is 26.6. The van der Waals surface area contributed by atoms with Crippen molar-refractivity contribution >= 4 is 28.1 Å². The van der Waals surface area contributed by atoms with Gasteiger partial charge in [0.25, 0.3) is 0 Å². The number of benzene rings is 7. The molecule has 5 nitrogen and oxygen atoms in total. The first kappa shape index (κ1) is 28.7. The van der Waals surface area contributed by atoms with Crippen LogP contribution >= 0.6 is 0 Å². The normalized spacial score (nSPS) is 16.5. The summed E-state index contributed by atoms with van der Waals surface area (Å²) in [6.07, 6.45) is -0.573. The van der Waals surface area contributed by atoms with E-state index in [1.54, 1.807) is 0 Å². The maximum atomic E-state index is 6.25. The van der Waals surface area contributed by atoms with Gasteiger partial charge in [-0.1, -0.05) is 152 Å². The van der Waals surface area contributed by atoms with E-state index in [9.17, 15) is 0 Å². The van der Waals surface area contributed by atoms with Gasteiger partial charge in [0.1, 0.15) is 17.8 Å². The Balaban J connectivity index is 1.08. The first-order valence-electron chi connectivity index (χ1n) is 16.6. The molecule has 0 saturated carbocycles. The first-order chi connectivity index (χ1) is 24.3. The molecule has 2 aliphatic rings. The summed E-state index contributed by atoms with van der Waals surface area (Å²) in [5.41, 5.74) is 9.81. The Morgan fingerprint density at radius 1 is 0.490 bits per heavy atom. The Hall–Kier alpha value is -6.46. The highest BCUT2D eigenvalue weighted by atomic mass is 16.5. The molecular weight excluding hydrogens is 601 g/mol. The predicted octanol–water partition coefficient (Wildman–Crippen LogP) is 10.2. The molecule has 7 aromatic carbocycles. The summed E-state index contributed by atoms with van der Waals surface area (Å²) in [5, 5.41) is 9.50. The van der Waals surface area contributed by atoms with Crippen molar-refractivity contribution in [3.63, 3.8) is 0 Å². The van der Waals surface area contributed by atoms with Crippen molar-refractivity contribution in [2.24, 2.45) is 9.98 Å². The van der Waals surface area contributed by atoms with E-state index in [1.165, 1.54) is 11.1 Å². The fraction of sp³-hybridized carbons (Fsp3) is 0.0455. The highest BCUT2D eigenvalue weighted by molar-refractivity contribution is 6.13. The van der Waals surface area contributed by atoms with Crippen LogP contribution < -0.4 is 15.4 Å². The summed E-state index contributed by atoms with van der Waals surface area (Å²) >= 11 is 0. The predicted molar refractivity (Wildman–Crippen MR) is 200 cm³/mol. The van der Waals surface area contributed by atoms with Crippen molar-refractivity contribution in [2.45, 2.75) is 12.4 Å². The third kappa shape index (κ3) is 5.51. The van der Waals surface area contributed by atoms with Crippen molar-refractivity contribution < 1.29 is 4.74 Å². The number of para-hydroxylation sites is 2. The summed E-state index contributed by atoms with van der Waals surface area (Å²) in [7, 11) is 0. The third-order valence-corrected chi connectivity index (χ3v) is 9.21. The van der Waals surface area contributed by atoms with Gasteiger partial charge in [-0.15, -0.1) is 0 Å². The second-order valence-electron chi connectivity index (χ2n) is 12.3. The van der Waals surface area contributed by atoms with Crippen LogP contribution in [0.3, 0.4) is 0 Å². The van der Waals surface area contributed by atoms with Crippen LogP contribution in [0.25, 0.3) is 33.0 Å². The van der Waals surface area contributed by atoms with Gasteiger partial charge in [-0.25, -0.2) is 9.98 Å². The molecule has 2 N–H and O–H groups in total. The second-order valence-corrected chi connectivity index (χ2v) is 12.3. The van der Waals surface area contributed by atoms with E-state index < -0.39 is 0 Å². The quantitative estimate of drug-likeness (QED) is 0.192. The minimum atomic E-state index is -0.337. The number of nitrogens with zero attached hydrogens (tertiary/aromatic N) is 2. The van der Waals surface area contributed by atoms with Crippen molar-refractivity contribution in [1.82, 2.24) is 5.32 Å². The van der Waals surface area contributed by atoms with Crippen LogP contribution in [0.2, 0.25) is 0 Å². The maximum Gasteiger partial charge on any atom is 0.196 e. The number of nitrogens with one attached hydrogen (secondary N) is 2. The van der Waals surface area contributed by atoms with E-state index >= 15 is 0 Å². The van der Waals surface area contributed by atoms with E-state index in [0.717, 1.165) is 61.4 Å². The van der Waals surface area contributed by atoms with Gasteiger partial charge in [-0.3, -0.25) is 0 Å². The third-order valence-electron chi connectivity index (χ3n) is 9.21. The number of aliphatic imine (C=N–C) groups is 2. The van der Waals surface area contributed by atoms with Crippen LogP contribution in [0.4, 0.5) is 5.69 Å². The lowest BCUT2D eigenvalue weighted by Crippen LogP contribution is -2.33. The Morgan fingerprint density at radius 3 is 1.96 bits per heavy atom. The highest BCUT2D eigenvalue weighted by Crippen LogP contribution is 2.39. The lowest BCUT2D eigenvalue weighted by atomic mass is 9.93. The molecule has 49 heavy (non-hydrogen) atoms. The van der Waals surface area contributed by atoms with Crippen LogP contribution in [-0.2, 0) is 0 Å². The molecule has 234 valence electrons. The molecule has 2 heterocycles. The Bertz CT molecular complexity index is 2340. The molecule has 9 rings (SSSR count). The number of rotatable bonds is 6. The van der Waals surface area contributed by atoms with Gasteiger partial charge in [0.2, 0.25) is 0 Å². The number of ether oxygens (including phenoxy) is 1. The van der Waals surface area contributed by atoms with E-state index in [1.807, 2.05) is 48.5 Å². The van der Waals surface area contributed by atoms with Crippen molar-refractivity contribution in [3.05, 3.63) is 192 Å². The topological polar surface area (TPSA) is 58.0 Å². The lowest BCUT2D eigenvalue weighted by molar-refractivity contribution is 0.260. The minimum absolute atomic E-state index is 0.237. The summed E-state index contributed by atoms with van der Waals surface area (Å²) in [4.78, 5) is 10.2. The molecule has 2 aliphatic heterocycles. The molecule has 0 bridgehead atoms. The molecule has 0 aliphatic carbocycles. The summed E-state index contributed by atoms with van der Waals surface area (Å²) in [5.74, 6) is 2.37. The van der Waals surface area contributed by atoms with E-state index in [-0.39, 0.29) is 12.4 Å². The molecule has 2 unspecified atom stereocenters. The van der Waals surface area contributed by atoms with E-state index in [4.69, 9.17) is 14.7 Å². The van der Waals surface area contributed by atoms with E-state index in [0.29, 0.717) is 5.84 Å². The van der Waals surface area contributed by atoms with Crippen LogP contribution in [0.1, 0.15) is 34.6 Å². The smallest absolute Gasteiger partial charge is 0.196 e. The number of anilines is 1. The largest absolute Gasteiger partial charge is 0.464 e. The van der Waals surface area contributed by atoms with Gasteiger partial charge < -0.3 is 15.4 Å². The molecule has 0 fully saturated rings. The lowest BCUT2D eigenvalue weighted by Gasteiger charge is -2.25. The Labute approximate surface area is 285 Å². The average molecular weight is 633 g/mol. The monoisotopic (exact) mass is 632 g/mol. The van der Waals surface area contributed by atoms with Gasteiger partial charge in [0.05, 0.1) is 5.69 Å². The van der Waals surface area contributed by atoms with Gasteiger partial charge in [0.15, 0.2) is 12.1 Å². The molecule has 7 aromatic rings. The fourth-order valence-electron chi connectivity index (χ4n) is 6.76. The second kappa shape index (κ2) is 12.3. The Morgan fingerprint density at radius 2 is 1.14 bits per heavy atom. The number of fused-ring (bicyclic) bond motifs is 2. The fourth-order valence-corrected chi connectivity index (χ4v) is 6.76. The van der Waals surface area contributed by atoms with Gasteiger partial charge >= 0.3 is 0 Å². The minimum Gasteiger partial charge on any atom is -0.464 e. The van der Waals surface area contributed by atoms with Crippen molar-refractivity contribution in [3.8, 4) is 28.0 Å². The summed E-state index contributed by atoms with van der Waals surface area (Å²) < 4.78 is 6.25. The maximum absolute atomic E-state index is 6.25. The number of amidine groups is 2. The average Bonchev–Trinajstić information content (AvgIpc) is 3.63. The zero-order valence-corrected chi connectivity index (χ0v) is 26.6. The first-order valence-corrected chi connectivity index (χ1v) is 16.6. The van der Waals surface area contributed by atoms with Crippen LogP contribution in [-0.4, -0.2) is 11.7 Å². The number of hydrogen-bond donors (Lipinski definition) is 2. The number of hydrogen-bond acceptors (Lipinski definition) is 5. The molecule has 0 aromatic heterocycles. The molecule has 0 spiro atoms. The summed E-state index contributed by atoms with van der Waals surface area (Å²) in [6, 6.07) is 58.9. The SMILES string of the molecule is c1ccc(C2=NC(c3cccc4c(-c5cccc(C6Nc7ccccc7O6)c5)cccc34)NC(c3ccc(-c4ccccc4)cc3)=N2)cc1. The standard InChI is InChI=1S/C44H32N4O/c1-3-12-29(13-4-1)30-24-26-32(27-25-30)42-46-41(31-14-5-2-6-15-31)47-43(48-42)38-21-11-19-36-35(18-10-20-37(36)38)33-16-9-17-34(28-33)44-45-39-22-7-8-23-40(39)49-44/h1-28,43-45H,(H,46,47,48). The molecule has 0 amide bonds. The highest BCUT2D eigenvalue weighted by Gasteiger charge is 2.25. The van der Waals surface area contributed by atoms with E-state index in [2.05, 4.69) is 132 Å². The van der Waals surface area contributed by atoms with Crippen molar-refractivity contribution in [2.75, 3.05) is 5.32 Å². The Kier molecular flexibility index (Phi) is 7.21. The zero-order chi connectivity index (χ0) is 32.6. The van der Waals surface area contributed by atoms with Gasteiger partial charge in [0, 0.05) is 22.3 Å². The van der Waals surface area contributed by atoms with Crippen LogP contribution in [0.5, 0.6) is 5.75 Å². The van der Waals surface area contributed by atoms with Crippen LogP contribution in [0, 0.1) is 0 Å². The van der Waals surface area contributed by atoms with Crippen molar-refractivity contribution in [1.29, 1.82) is 0 Å². The molecular formula is C44H32N4O.